The van der Waals surface area contributed by atoms with Gasteiger partial charge in [0, 0.05) is 23.8 Å². The second kappa shape index (κ2) is 6.11. The van der Waals surface area contributed by atoms with Crippen LogP contribution in [0, 0.1) is 30.6 Å². The van der Waals surface area contributed by atoms with Gasteiger partial charge in [0.05, 0.1) is 12.3 Å². The van der Waals surface area contributed by atoms with E-state index in [1.807, 2.05) is 19.1 Å². The standard InChI is InChI=1S/C17H19NO3/c1-11-7-8-14(6-4-5-9-19)10-15(11)18-16(20)12(2)13(3)17(18)21/h7-8,10,12-13,19H,5,9H2,1-3H3. The van der Waals surface area contributed by atoms with Gasteiger partial charge < -0.3 is 5.11 Å². The minimum absolute atomic E-state index is 0.0177. The first-order valence-corrected chi connectivity index (χ1v) is 7.05. The summed E-state index contributed by atoms with van der Waals surface area (Å²) in [6.45, 7) is 5.45. The molecule has 110 valence electrons. The maximum atomic E-state index is 12.3. The van der Waals surface area contributed by atoms with Crippen molar-refractivity contribution in [1.82, 2.24) is 0 Å². The van der Waals surface area contributed by atoms with E-state index in [9.17, 15) is 9.59 Å². The SMILES string of the molecule is Cc1ccc(C#CCCO)cc1N1C(=O)C(C)C(C)C1=O. The Labute approximate surface area is 124 Å². The third-order valence-corrected chi connectivity index (χ3v) is 3.89. The van der Waals surface area contributed by atoms with Gasteiger partial charge in [-0.05, 0) is 24.6 Å². The highest BCUT2D eigenvalue weighted by Gasteiger charge is 2.43. The topological polar surface area (TPSA) is 57.6 Å². The van der Waals surface area contributed by atoms with Crippen LogP contribution in [0.15, 0.2) is 18.2 Å². The first-order valence-electron chi connectivity index (χ1n) is 7.05. The molecule has 0 aromatic heterocycles. The Kier molecular flexibility index (Phi) is 4.44. The third-order valence-electron chi connectivity index (χ3n) is 3.89. The van der Waals surface area contributed by atoms with E-state index < -0.39 is 0 Å². The monoisotopic (exact) mass is 285 g/mol. The maximum absolute atomic E-state index is 12.3. The van der Waals surface area contributed by atoms with E-state index in [0.717, 1.165) is 11.1 Å². The number of amides is 2. The van der Waals surface area contributed by atoms with Crippen LogP contribution in [0.1, 0.15) is 31.4 Å². The molecule has 1 aromatic rings. The van der Waals surface area contributed by atoms with Crippen molar-refractivity contribution in [3.05, 3.63) is 29.3 Å². The van der Waals surface area contributed by atoms with Gasteiger partial charge in [-0.15, -0.1) is 0 Å². The highest BCUT2D eigenvalue weighted by Crippen LogP contribution is 2.32. The van der Waals surface area contributed by atoms with Gasteiger partial charge in [-0.2, -0.15) is 0 Å². The molecule has 4 heteroatoms. The summed E-state index contributed by atoms with van der Waals surface area (Å²) >= 11 is 0. The average Bonchev–Trinajstić information content (AvgIpc) is 2.66. The Morgan fingerprint density at radius 2 is 1.81 bits per heavy atom. The van der Waals surface area contributed by atoms with E-state index in [2.05, 4.69) is 11.8 Å². The second-order valence-corrected chi connectivity index (χ2v) is 5.37. The van der Waals surface area contributed by atoms with Gasteiger partial charge in [0.15, 0.2) is 0 Å². The van der Waals surface area contributed by atoms with E-state index in [1.54, 1.807) is 19.9 Å². The van der Waals surface area contributed by atoms with E-state index >= 15 is 0 Å². The summed E-state index contributed by atoms with van der Waals surface area (Å²) in [4.78, 5) is 25.9. The molecule has 0 saturated carbocycles. The first-order chi connectivity index (χ1) is 9.97. The van der Waals surface area contributed by atoms with Crippen molar-refractivity contribution in [1.29, 1.82) is 0 Å². The van der Waals surface area contributed by atoms with Crippen LogP contribution < -0.4 is 4.90 Å². The van der Waals surface area contributed by atoms with Gasteiger partial charge in [0.1, 0.15) is 0 Å². The van der Waals surface area contributed by atoms with Crippen LogP contribution in [0.3, 0.4) is 0 Å². The van der Waals surface area contributed by atoms with Crippen LogP contribution in [0.4, 0.5) is 5.69 Å². The molecule has 1 aliphatic rings. The fourth-order valence-corrected chi connectivity index (χ4v) is 2.33. The lowest BCUT2D eigenvalue weighted by Gasteiger charge is -2.17. The van der Waals surface area contributed by atoms with E-state index in [0.29, 0.717) is 12.1 Å². The number of carbonyl (C=O) groups excluding carboxylic acids is 2. The van der Waals surface area contributed by atoms with Crippen LogP contribution >= 0.6 is 0 Å². The van der Waals surface area contributed by atoms with Gasteiger partial charge in [-0.1, -0.05) is 31.8 Å². The molecule has 2 unspecified atom stereocenters. The van der Waals surface area contributed by atoms with Crippen molar-refractivity contribution in [3.8, 4) is 11.8 Å². The predicted molar refractivity (Wildman–Crippen MR) is 80.6 cm³/mol. The summed E-state index contributed by atoms with van der Waals surface area (Å²) in [6.07, 6.45) is 0.402. The quantitative estimate of drug-likeness (QED) is 0.666. The summed E-state index contributed by atoms with van der Waals surface area (Å²) in [6, 6.07) is 5.47. The average molecular weight is 285 g/mol. The highest BCUT2D eigenvalue weighted by molar-refractivity contribution is 6.22. The Morgan fingerprint density at radius 1 is 1.19 bits per heavy atom. The van der Waals surface area contributed by atoms with Gasteiger partial charge in [0.25, 0.3) is 0 Å². The normalized spacial score (nSPS) is 21.4. The Bertz CT molecular complexity index is 619. The molecule has 1 fully saturated rings. The van der Waals surface area contributed by atoms with Gasteiger partial charge in [0.2, 0.25) is 11.8 Å². The third kappa shape index (κ3) is 2.84. The van der Waals surface area contributed by atoms with Crippen LogP contribution in [-0.2, 0) is 9.59 Å². The molecule has 2 atom stereocenters. The van der Waals surface area contributed by atoms with Crippen molar-refractivity contribution in [2.24, 2.45) is 11.8 Å². The molecule has 0 aliphatic carbocycles. The fraction of sp³-hybridized carbons (Fsp3) is 0.412. The minimum Gasteiger partial charge on any atom is -0.395 e. The van der Waals surface area contributed by atoms with Crippen molar-refractivity contribution < 1.29 is 14.7 Å². The van der Waals surface area contributed by atoms with Gasteiger partial charge in [-0.25, -0.2) is 4.90 Å². The zero-order valence-corrected chi connectivity index (χ0v) is 12.5. The maximum Gasteiger partial charge on any atom is 0.237 e. The number of rotatable bonds is 2. The number of aryl methyl sites for hydroxylation is 1. The summed E-state index contributed by atoms with van der Waals surface area (Å²) in [5.41, 5.74) is 2.21. The number of imide groups is 1. The number of carbonyl (C=O) groups is 2. The molecule has 21 heavy (non-hydrogen) atoms. The molecule has 0 bridgehead atoms. The molecule has 4 nitrogen and oxygen atoms in total. The number of hydrogen-bond donors (Lipinski definition) is 1. The minimum atomic E-state index is -0.291. The molecule has 2 amide bonds. The fourth-order valence-electron chi connectivity index (χ4n) is 2.33. The van der Waals surface area contributed by atoms with E-state index in [1.165, 1.54) is 4.90 Å². The lowest BCUT2D eigenvalue weighted by molar-refractivity contribution is -0.122. The summed E-state index contributed by atoms with van der Waals surface area (Å²) in [5.74, 6) is 4.88. The van der Waals surface area contributed by atoms with Gasteiger partial charge >= 0.3 is 0 Å². The Morgan fingerprint density at radius 3 is 2.38 bits per heavy atom. The van der Waals surface area contributed by atoms with Crippen molar-refractivity contribution in [3.63, 3.8) is 0 Å². The number of aliphatic hydroxyl groups excluding tert-OH is 1. The summed E-state index contributed by atoms with van der Waals surface area (Å²) in [5, 5.41) is 8.74. The Hall–Kier alpha value is -2.12. The van der Waals surface area contributed by atoms with Crippen LogP contribution in [0.2, 0.25) is 0 Å². The molecule has 0 radical (unpaired) electrons. The predicted octanol–water partition coefficient (Wildman–Crippen LogP) is 1.87. The summed E-state index contributed by atoms with van der Waals surface area (Å²) < 4.78 is 0. The molecule has 1 saturated heterocycles. The van der Waals surface area contributed by atoms with Crippen molar-refractivity contribution >= 4 is 17.5 Å². The number of benzene rings is 1. The first kappa shape index (κ1) is 15.3. The molecular weight excluding hydrogens is 266 g/mol. The van der Waals surface area contributed by atoms with Crippen molar-refractivity contribution in [2.45, 2.75) is 27.2 Å². The van der Waals surface area contributed by atoms with Crippen molar-refractivity contribution in [2.75, 3.05) is 11.5 Å². The molecule has 2 rings (SSSR count). The number of hydrogen-bond acceptors (Lipinski definition) is 3. The second-order valence-electron chi connectivity index (χ2n) is 5.37. The lowest BCUT2D eigenvalue weighted by Crippen LogP contribution is -2.31. The molecule has 1 N–H and O–H groups in total. The lowest BCUT2D eigenvalue weighted by atomic mass is 10.00. The van der Waals surface area contributed by atoms with Crippen LogP contribution in [0.25, 0.3) is 0 Å². The zero-order chi connectivity index (χ0) is 15.6. The number of nitrogens with zero attached hydrogens (tertiary/aromatic N) is 1. The van der Waals surface area contributed by atoms with E-state index in [4.69, 9.17) is 5.11 Å². The summed E-state index contributed by atoms with van der Waals surface area (Å²) in [7, 11) is 0. The number of anilines is 1. The Balaban J connectivity index is 2.40. The highest BCUT2D eigenvalue weighted by atomic mass is 16.2. The molecule has 1 heterocycles. The van der Waals surface area contributed by atoms with E-state index in [-0.39, 0.29) is 30.3 Å². The smallest absolute Gasteiger partial charge is 0.237 e. The molecule has 1 aromatic carbocycles. The molecule has 1 aliphatic heterocycles. The van der Waals surface area contributed by atoms with Crippen LogP contribution in [0.5, 0.6) is 0 Å². The molecular formula is C17H19NO3. The number of aliphatic hydroxyl groups is 1. The van der Waals surface area contributed by atoms with Gasteiger partial charge in [-0.3, -0.25) is 9.59 Å². The molecule has 0 spiro atoms. The zero-order valence-electron chi connectivity index (χ0n) is 12.5. The van der Waals surface area contributed by atoms with Crippen LogP contribution in [-0.4, -0.2) is 23.5 Å². The largest absolute Gasteiger partial charge is 0.395 e.